The van der Waals surface area contributed by atoms with E-state index >= 15 is 0 Å². The van der Waals surface area contributed by atoms with E-state index in [4.69, 9.17) is 0 Å². The molecule has 0 radical (unpaired) electrons. The van der Waals surface area contributed by atoms with Gasteiger partial charge in [0.25, 0.3) is 11.7 Å². The fraction of sp³-hybridized carbons (Fsp3) is 0.286. The molecule has 5 rings (SSSR count). The van der Waals surface area contributed by atoms with E-state index in [1.54, 1.807) is 22.4 Å². The number of hydrogen-bond donors (Lipinski definition) is 2. The van der Waals surface area contributed by atoms with Gasteiger partial charge in [0.05, 0.1) is 23.9 Å². The molecule has 0 saturated carbocycles. The molecular weight excluding hydrogens is 454 g/mol. The molecule has 3 aromatic heterocycles. The molecule has 4 heterocycles. The van der Waals surface area contributed by atoms with E-state index in [1.807, 2.05) is 65.8 Å². The Labute approximate surface area is 209 Å². The minimum Gasteiger partial charge on any atom is -0.505 e. The predicted octanol–water partition coefficient (Wildman–Crippen LogP) is 3.89. The number of amides is 1. The van der Waals surface area contributed by atoms with Crippen LogP contribution in [0.2, 0.25) is 0 Å². The van der Waals surface area contributed by atoms with E-state index in [2.05, 4.69) is 23.8 Å². The van der Waals surface area contributed by atoms with Gasteiger partial charge in [-0.05, 0) is 36.1 Å². The maximum absolute atomic E-state index is 13.4. The molecule has 1 atom stereocenters. The van der Waals surface area contributed by atoms with E-state index < -0.39 is 17.7 Å². The number of benzene rings is 1. The number of ketones is 1. The monoisotopic (exact) mass is 484 g/mol. The second-order valence-corrected chi connectivity index (χ2v) is 9.49. The van der Waals surface area contributed by atoms with Gasteiger partial charge in [0, 0.05) is 19.2 Å². The second-order valence-electron chi connectivity index (χ2n) is 9.49. The first-order valence-electron chi connectivity index (χ1n) is 12.2. The van der Waals surface area contributed by atoms with Crippen LogP contribution in [0.4, 0.5) is 0 Å². The SMILES string of the molecule is Cc1nc2ccccn2c1C(O)=C1C(=O)C(=O)N(CCC[n+]2cc[nH]c2)C1c1ccc(C(C)C)cc1. The molecule has 1 fully saturated rings. The van der Waals surface area contributed by atoms with Crippen molar-refractivity contribution in [1.29, 1.82) is 0 Å². The van der Waals surface area contributed by atoms with Crippen LogP contribution in [-0.4, -0.2) is 42.6 Å². The number of pyridine rings is 1. The molecule has 0 bridgehead atoms. The summed E-state index contributed by atoms with van der Waals surface area (Å²) in [6.07, 6.45) is 8.06. The maximum Gasteiger partial charge on any atom is 0.295 e. The maximum atomic E-state index is 13.4. The summed E-state index contributed by atoms with van der Waals surface area (Å²) >= 11 is 0. The third-order valence-corrected chi connectivity index (χ3v) is 6.81. The highest BCUT2D eigenvalue weighted by Gasteiger charge is 2.46. The van der Waals surface area contributed by atoms with Crippen LogP contribution in [0.1, 0.15) is 54.7 Å². The van der Waals surface area contributed by atoms with Crippen LogP contribution in [0.3, 0.4) is 0 Å². The van der Waals surface area contributed by atoms with Gasteiger partial charge >= 0.3 is 0 Å². The zero-order valence-corrected chi connectivity index (χ0v) is 20.7. The molecule has 1 unspecified atom stereocenters. The van der Waals surface area contributed by atoms with E-state index in [-0.39, 0.29) is 11.3 Å². The number of imidazole rings is 2. The number of Topliss-reactive ketones (excluding diaryl/α,β-unsaturated/α-hetero) is 1. The summed E-state index contributed by atoms with van der Waals surface area (Å²) in [5, 5.41) is 11.6. The van der Waals surface area contributed by atoms with Crippen molar-refractivity contribution >= 4 is 23.1 Å². The highest BCUT2D eigenvalue weighted by molar-refractivity contribution is 6.46. The average Bonchev–Trinajstić information content (AvgIpc) is 3.56. The Hall–Kier alpha value is -4.20. The molecule has 4 aromatic rings. The summed E-state index contributed by atoms with van der Waals surface area (Å²) in [6, 6.07) is 12.8. The fourth-order valence-electron chi connectivity index (χ4n) is 4.93. The number of aryl methyl sites for hydroxylation is 2. The zero-order valence-electron chi connectivity index (χ0n) is 20.7. The van der Waals surface area contributed by atoms with Gasteiger partial charge in [-0.2, -0.15) is 0 Å². The molecule has 0 aliphatic carbocycles. The van der Waals surface area contributed by atoms with E-state index in [9.17, 15) is 14.7 Å². The number of fused-ring (bicyclic) bond motifs is 1. The van der Waals surface area contributed by atoms with Crippen LogP contribution in [0.15, 0.2) is 73.0 Å². The summed E-state index contributed by atoms with van der Waals surface area (Å²) in [5.74, 6) is -1.13. The Morgan fingerprint density at radius 2 is 1.94 bits per heavy atom. The number of aliphatic hydroxyl groups excluding tert-OH is 1. The minimum absolute atomic E-state index is 0.0975. The van der Waals surface area contributed by atoms with Crippen molar-refractivity contribution in [3.8, 4) is 0 Å². The number of nitrogens with zero attached hydrogens (tertiary/aromatic N) is 4. The van der Waals surface area contributed by atoms with Gasteiger partial charge < -0.3 is 10.0 Å². The first kappa shape index (κ1) is 23.5. The van der Waals surface area contributed by atoms with E-state index in [1.165, 1.54) is 0 Å². The summed E-state index contributed by atoms with van der Waals surface area (Å²) in [5.41, 5.74) is 3.73. The van der Waals surface area contributed by atoms with Crippen LogP contribution < -0.4 is 4.57 Å². The van der Waals surface area contributed by atoms with Crippen molar-refractivity contribution in [2.24, 2.45) is 0 Å². The third-order valence-electron chi connectivity index (χ3n) is 6.81. The number of rotatable bonds is 7. The largest absolute Gasteiger partial charge is 0.505 e. The lowest BCUT2D eigenvalue weighted by Crippen LogP contribution is -2.36. The molecule has 1 aromatic carbocycles. The molecule has 1 aliphatic heterocycles. The number of likely N-dealkylation sites (tertiary alicyclic amines) is 1. The van der Waals surface area contributed by atoms with E-state index in [0.717, 1.165) is 11.1 Å². The summed E-state index contributed by atoms with van der Waals surface area (Å²) < 4.78 is 3.74. The third kappa shape index (κ3) is 4.08. The van der Waals surface area contributed by atoms with Gasteiger partial charge in [-0.3, -0.25) is 19.0 Å². The van der Waals surface area contributed by atoms with Crippen LogP contribution in [-0.2, 0) is 16.1 Å². The van der Waals surface area contributed by atoms with Gasteiger partial charge in [-0.15, -0.1) is 0 Å². The lowest BCUT2D eigenvalue weighted by molar-refractivity contribution is -0.695. The zero-order chi connectivity index (χ0) is 25.4. The molecule has 1 amide bonds. The predicted molar refractivity (Wildman–Crippen MR) is 135 cm³/mol. The van der Waals surface area contributed by atoms with Crippen molar-refractivity contribution in [3.05, 3.63) is 95.5 Å². The number of hydrogen-bond acceptors (Lipinski definition) is 4. The highest BCUT2D eigenvalue weighted by atomic mass is 16.3. The normalized spacial score (nSPS) is 17.6. The Bertz CT molecular complexity index is 1450. The molecule has 0 spiro atoms. The Kier molecular flexibility index (Phi) is 6.18. The van der Waals surface area contributed by atoms with E-state index in [0.29, 0.717) is 42.5 Å². The van der Waals surface area contributed by atoms with Crippen molar-refractivity contribution in [2.75, 3.05) is 6.54 Å². The Morgan fingerprint density at radius 3 is 2.64 bits per heavy atom. The molecule has 1 saturated heterocycles. The molecule has 184 valence electrons. The first-order valence-corrected chi connectivity index (χ1v) is 12.2. The van der Waals surface area contributed by atoms with Crippen molar-refractivity contribution in [2.45, 2.75) is 45.7 Å². The van der Waals surface area contributed by atoms with Gasteiger partial charge in [0.15, 0.2) is 5.76 Å². The summed E-state index contributed by atoms with van der Waals surface area (Å²) in [6.45, 7) is 7.10. The van der Waals surface area contributed by atoms with Gasteiger partial charge in [-0.25, -0.2) is 9.55 Å². The molecule has 8 heteroatoms. The number of aliphatic hydroxyl groups is 1. The number of carbonyl (C=O) groups excluding carboxylic acids is 2. The van der Waals surface area contributed by atoms with Crippen LogP contribution in [0.5, 0.6) is 0 Å². The Balaban J connectivity index is 1.60. The molecule has 8 nitrogen and oxygen atoms in total. The van der Waals surface area contributed by atoms with Crippen molar-refractivity contribution in [3.63, 3.8) is 0 Å². The lowest BCUT2D eigenvalue weighted by atomic mass is 9.93. The summed E-state index contributed by atoms with van der Waals surface area (Å²) in [7, 11) is 0. The van der Waals surface area contributed by atoms with Crippen molar-refractivity contribution in [1.82, 2.24) is 19.3 Å². The molecule has 2 N–H and O–H groups in total. The quantitative estimate of drug-likeness (QED) is 0.180. The van der Waals surface area contributed by atoms with Crippen molar-refractivity contribution < 1.29 is 19.3 Å². The smallest absolute Gasteiger partial charge is 0.295 e. The number of aromatic amines is 1. The summed E-state index contributed by atoms with van der Waals surface area (Å²) in [4.78, 5) is 35.8. The standard InChI is InChI=1S/C28H29N5O3/c1-18(2)20-8-10-21(11-9-20)25-23(26(34)24-19(3)30-22-7-4-5-14-32(22)24)27(35)28(36)33(25)15-6-13-31-16-12-29-17-31/h4-5,7-12,14,16-18,25H,6,13,15H2,1-3H3,(H,34,35)/p+1. The second kappa shape index (κ2) is 9.45. The van der Waals surface area contributed by atoms with Crippen LogP contribution >= 0.6 is 0 Å². The molecular formula is C28H30N5O3+. The van der Waals surface area contributed by atoms with Crippen LogP contribution in [0.25, 0.3) is 11.4 Å². The lowest BCUT2D eigenvalue weighted by Gasteiger charge is -2.25. The van der Waals surface area contributed by atoms with Gasteiger partial charge in [0.2, 0.25) is 6.33 Å². The number of nitrogens with one attached hydrogen (secondary N) is 1. The average molecular weight is 485 g/mol. The van der Waals surface area contributed by atoms with Gasteiger partial charge in [0.1, 0.15) is 23.7 Å². The highest BCUT2D eigenvalue weighted by Crippen LogP contribution is 2.40. The molecule has 36 heavy (non-hydrogen) atoms. The fourth-order valence-corrected chi connectivity index (χ4v) is 4.93. The van der Waals surface area contributed by atoms with Gasteiger partial charge in [-0.1, -0.05) is 44.2 Å². The number of H-pyrrole nitrogens is 1. The number of aromatic nitrogens is 4. The minimum atomic E-state index is -0.684. The molecule has 1 aliphatic rings. The number of carbonyl (C=O) groups is 2. The first-order chi connectivity index (χ1) is 17.4. The topological polar surface area (TPSA) is 94.6 Å². The van der Waals surface area contributed by atoms with Crippen LogP contribution in [0, 0.1) is 6.92 Å². The Morgan fingerprint density at radius 1 is 1.17 bits per heavy atom.